The number of fused-ring (bicyclic) bond motifs is 1. The number of carbonyl (C=O) groups is 1. The number of ether oxygens (including phenoxy) is 1. The fourth-order valence-corrected chi connectivity index (χ4v) is 1.57. The van der Waals surface area contributed by atoms with Crippen LogP contribution in [0.3, 0.4) is 0 Å². The Bertz CT molecular complexity index is 176. The summed E-state index contributed by atoms with van der Waals surface area (Å²) in [5.74, 6) is 0.262. The van der Waals surface area contributed by atoms with Crippen LogP contribution in [0.4, 0.5) is 0 Å². The van der Waals surface area contributed by atoms with Gasteiger partial charge in [0.1, 0.15) is 6.10 Å². The Labute approximate surface area is 54.2 Å². The largest absolute Gasteiger partial charge is 0.462 e. The molecule has 1 aliphatic carbocycles. The van der Waals surface area contributed by atoms with Crippen molar-refractivity contribution in [1.82, 2.24) is 0 Å². The molecule has 1 saturated carbocycles. The minimum atomic E-state index is 0.0185. The summed E-state index contributed by atoms with van der Waals surface area (Å²) in [6.45, 7) is 4.10. The van der Waals surface area contributed by atoms with Gasteiger partial charge in [-0.3, -0.25) is 4.79 Å². The Morgan fingerprint density at radius 3 is 2.56 bits per heavy atom. The van der Waals surface area contributed by atoms with Crippen molar-refractivity contribution in [3.8, 4) is 0 Å². The van der Waals surface area contributed by atoms with Gasteiger partial charge in [0.2, 0.25) is 0 Å². The van der Waals surface area contributed by atoms with Gasteiger partial charge in [0.05, 0.1) is 5.92 Å². The first kappa shape index (κ1) is 5.27. The zero-order valence-electron chi connectivity index (χ0n) is 5.68. The van der Waals surface area contributed by atoms with Gasteiger partial charge in [-0.1, -0.05) is 6.92 Å². The molecule has 0 radical (unpaired) electrons. The van der Waals surface area contributed by atoms with Gasteiger partial charge < -0.3 is 4.74 Å². The summed E-state index contributed by atoms with van der Waals surface area (Å²) in [7, 11) is 0. The van der Waals surface area contributed by atoms with Crippen molar-refractivity contribution in [2.45, 2.75) is 26.4 Å². The van der Waals surface area contributed by atoms with Crippen LogP contribution in [0.25, 0.3) is 0 Å². The van der Waals surface area contributed by atoms with E-state index in [1.807, 2.05) is 6.92 Å². The second kappa shape index (κ2) is 1.15. The van der Waals surface area contributed by atoms with Crippen molar-refractivity contribution >= 4 is 5.97 Å². The molecule has 0 amide bonds. The lowest BCUT2D eigenvalue weighted by Crippen LogP contribution is -2.13. The summed E-state index contributed by atoms with van der Waals surface area (Å²) in [5, 5.41) is 0. The second-order valence-electron chi connectivity index (χ2n) is 3.34. The number of rotatable bonds is 0. The van der Waals surface area contributed by atoms with Gasteiger partial charge in [-0.05, 0) is 13.3 Å². The van der Waals surface area contributed by atoms with E-state index in [1.54, 1.807) is 0 Å². The highest BCUT2D eigenvalue weighted by atomic mass is 16.6. The Balaban J connectivity index is 2.28. The first-order valence-corrected chi connectivity index (χ1v) is 3.35. The first-order chi connectivity index (χ1) is 4.14. The quantitative estimate of drug-likeness (QED) is 0.452. The lowest BCUT2D eigenvalue weighted by Gasteiger charge is -2.10. The predicted octanol–water partition coefficient (Wildman–Crippen LogP) is 0.958. The molecule has 0 aromatic carbocycles. The molecular weight excluding hydrogens is 116 g/mol. The summed E-state index contributed by atoms with van der Waals surface area (Å²) >= 11 is 0. The van der Waals surface area contributed by atoms with Crippen LogP contribution in [0, 0.1) is 11.3 Å². The molecule has 2 fully saturated rings. The molecule has 0 bridgehead atoms. The van der Waals surface area contributed by atoms with Crippen molar-refractivity contribution in [2.75, 3.05) is 0 Å². The first-order valence-electron chi connectivity index (χ1n) is 3.35. The monoisotopic (exact) mass is 126 g/mol. The fraction of sp³-hybridized carbons (Fsp3) is 0.857. The van der Waals surface area contributed by atoms with Crippen molar-refractivity contribution in [3.63, 3.8) is 0 Å². The molecule has 2 nitrogen and oxygen atoms in total. The Morgan fingerprint density at radius 2 is 2.44 bits per heavy atom. The maximum atomic E-state index is 10.8. The Hall–Kier alpha value is -0.530. The summed E-state index contributed by atoms with van der Waals surface area (Å²) in [6.07, 6.45) is 1.21. The number of hydrogen-bond acceptors (Lipinski definition) is 2. The highest BCUT2D eigenvalue weighted by Crippen LogP contribution is 2.60. The second-order valence-corrected chi connectivity index (χ2v) is 3.34. The van der Waals surface area contributed by atoms with E-state index in [0.717, 1.165) is 6.42 Å². The van der Waals surface area contributed by atoms with Gasteiger partial charge in [0.15, 0.2) is 0 Å². The molecule has 1 aliphatic heterocycles. The van der Waals surface area contributed by atoms with Gasteiger partial charge in [-0.2, -0.15) is 0 Å². The highest BCUT2D eigenvalue weighted by Gasteiger charge is 2.65. The van der Waals surface area contributed by atoms with Crippen molar-refractivity contribution in [3.05, 3.63) is 0 Å². The van der Waals surface area contributed by atoms with E-state index in [1.165, 1.54) is 0 Å². The van der Waals surface area contributed by atoms with Crippen LogP contribution >= 0.6 is 0 Å². The summed E-state index contributed by atoms with van der Waals surface area (Å²) < 4.78 is 4.99. The van der Waals surface area contributed by atoms with Crippen LogP contribution in [0.5, 0.6) is 0 Å². The molecular formula is C7H10O2. The Kier molecular flexibility index (Phi) is 0.675. The topological polar surface area (TPSA) is 26.3 Å². The van der Waals surface area contributed by atoms with E-state index in [2.05, 4.69) is 6.92 Å². The van der Waals surface area contributed by atoms with Crippen LogP contribution in [-0.4, -0.2) is 12.1 Å². The van der Waals surface area contributed by atoms with Gasteiger partial charge in [0, 0.05) is 5.41 Å². The van der Waals surface area contributed by atoms with Gasteiger partial charge in [-0.25, -0.2) is 0 Å². The molecule has 2 rings (SSSR count). The zero-order valence-corrected chi connectivity index (χ0v) is 5.68. The molecule has 3 atom stereocenters. The van der Waals surface area contributed by atoms with Gasteiger partial charge in [0.25, 0.3) is 0 Å². The average Bonchev–Trinajstić information content (AvgIpc) is 2.38. The maximum absolute atomic E-state index is 10.8. The molecule has 2 aliphatic rings. The highest BCUT2D eigenvalue weighted by molar-refractivity contribution is 5.80. The van der Waals surface area contributed by atoms with Crippen LogP contribution in [-0.2, 0) is 9.53 Å². The standard InChI is InChI=1S/C7H10O2/c1-4-7(2)3-5(7)6(8)9-4/h4-5H,3H2,1-2H3/t4-,5+,7-/m0/s1. The number of carbonyl (C=O) groups excluding carboxylic acids is 1. The normalized spacial score (nSPS) is 54.7. The lowest BCUT2D eigenvalue weighted by atomic mass is 10.0. The smallest absolute Gasteiger partial charge is 0.309 e. The van der Waals surface area contributed by atoms with Crippen molar-refractivity contribution in [1.29, 1.82) is 0 Å². The number of esters is 1. The lowest BCUT2D eigenvalue weighted by molar-refractivity contribution is -0.144. The van der Waals surface area contributed by atoms with E-state index in [9.17, 15) is 4.79 Å². The third-order valence-corrected chi connectivity index (χ3v) is 2.79. The summed E-state index contributed by atoms with van der Waals surface area (Å²) in [6, 6.07) is 0. The van der Waals surface area contributed by atoms with E-state index < -0.39 is 0 Å². The van der Waals surface area contributed by atoms with E-state index in [4.69, 9.17) is 4.74 Å². The predicted molar refractivity (Wildman–Crippen MR) is 31.8 cm³/mol. The minimum absolute atomic E-state index is 0.0185. The van der Waals surface area contributed by atoms with E-state index in [0.29, 0.717) is 0 Å². The third-order valence-electron chi connectivity index (χ3n) is 2.79. The fourth-order valence-electron chi connectivity index (χ4n) is 1.57. The molecule has 9 heavy (non-hydrogen) atoms. The SMILES string of the molecule is C[C@@H]1OC(=O)[C@H]2C[C@@]12C. The zero-order chi connectivity index (χ0) is 6.65. The van der Waals surface area contributed by atoms with Gasteiger partial charge in [-0.15, -0.1) is 0 Å². The summed E-state index contributed by atoms with van der Waals surface area (Å²) in [5.41, 5.74) is 0.219. The van der Waals surface area contributed by atoms with E-state index in [-0.39, 0.29) is 23.4 Å². The van der Waals surface area contributed by atoms with Crippen LogP contribution in [0.1, 0.15) is 20.3 Å². The molecule has 0 unspecified atom stereocenters. The Morgan fingerprint density at radius 1 is 1.78 bits per heavy atom. The van der Waals surface area contributed by atoms with Gasteiger partial charge >= 0.3 is 5.97 Å². The van der Waals surface area contributed by atoms with Crippen LogP contribution < -0.4 is 0 Å². The molecule has 2 heteroatoms. The molecule has 0 spiro atoms. The average molecular weight is 126 g/mol. The van der Waals surface area contributed by atoms with Crippen LogP contribution in [0.15, 0.2) is 0 Å². The number of cyclic esters (lactones) is 1. The van der Waals surface area contributed by atoms with Crippen molar-refractivity contribution in [2.24, 2.45) is 11.3 Å². The molecule has 0 N–H and O–H groups in total. The minimum Gasteiger partial charge on any atom is -0.462 e. The maximum Gasteiger partial charge on any atom is 0.309 e. The molecule has 1 saturated heterocycles. The molecule has 0 aromatic rings. The molecule has 50 valence electrons. The van der Waals surface area contributed by atoms with Crippen LogP contribution in [0.2, 0.25) is 0 Å². The third kappa shape index (κ3) is 0.443. The molecule has 0 aromatic heterocycles. The molecule has 1 heterocycles. The number of hydrogen-bond donors (Lipinski definition) is 0. The summed E-state index contributed by atoms with van der Waals surface area (Å²) in [4.78, 5) is 10.8. The van der Waals surface area contributed by atoms with Crippen molar-refractivity contribution < 1.29 is 9.53 Å². The van der Waals surface area contributed by atoms with E-state index >= 15 is 0 Å².